The van der Waals surface area contributed by atoms with Gasteiger partial charge in [0.25, 0.3) is 0 Å². The average Bonchev–Trinajstić information content (AvgIpc) is 3.40. The molecular formula is C40H25N3. The van der Waals surface area contributed by atoms with Gasteiger partial charge in [-0.2, -0.15) is 0 Å². The lowest BCUT2D eigenvalue weighted by Crippen LogP contribution is -1.97. The smallest absolute Gasteiger partial charge is 0.0973 e. The van der Waals surface area contributed by atoms with Crippen molar-refractivity contribution in [1.29, 1.82) is 0 Å². The molecule has 9 rings (SSSR count). The summed E-state index contributed by atoms with van der Waals surface area (Å²) in [4.78, 5) is 10.2. The van der Waals surface area contributed by atoms with Gasteiger partial charge < -0.3 is 4.57 Å². The Morgan fingerprint density at radius 1 is 0.395 bits per heavy atom. The van der Waals surface area contributed by atoms with Crippen LogP contribution in [-0.2, 0) is 0 Å². The van der Waals surface area contributed by atoms with E-state index in [4.69, 9.17) is 9.97 Å². The first-order valence-electron chi connectivity index (χ1n) is 14.6. The first kappa shape index (κ1) is 23.9. The highest BCUT2D eigenvalue weighted by atomic mass is 15.0. The molecule has 9 aromatic rings. The van der Waals surface area contributed by atoms with E-state index in [1.165, 1.54) is 43.4 Å². The lowest BCUT2D eigenvalue weighted by Gasteiger charge is -2.13. The second kappa shape index (κ2) is 9.37. The first-order valence-corrected chi connectivity index (χ1v) is 14.6. The minimum atomic E-state index is 0.885. The summed E-state index contributed by atoms with van der Waals surface area (Å²) in [6.07, 6.45) is 0. The molecule has 3 nitrogen and oxygen atoms in total. The van der Waals surface area contributed by atoms with Crippen LogP contribution in [0.3, 0.4) is 0 Å². The molecule has 7 aromatic carbocycles. The van der Waals surface area contributed by atoms with Gasteiger partial charge in [-0.25, -0.2) is 9.97 Å². The van der Waals surface area contributed by atoms with Gasteiger partial charge in [-0.3, -0.25) is 0 Å². The van der Waals surface area contributed by atoms with Crippen LogP contribution in [0.1, 0.15) is 0 Å². The molecule has 2 aromatic heterocycles. The second-order valence-electron chi connectivity index (χ2n) is 11.1. The number of aromatic nitrogens is 3. The Kier molecular flexibility index (Phi) is 5.20. The summed E-state index contributed by atoms with van der Waals surface area (Å²) in [6, 6.07) is 53.7. The van der Waals surface area contributed by atoms with E-state index < -0.39 is 0 Å². The van der Waals surface area contributed by atoms with Crippen molar-refractivity contribution in [3.8, 4) is 28.2 Å². The largest absolute Gasteiger partial charge is 0.309 e. The quantitative estimate of drug-likeness (QED) is 0.220. The maximum absolute atomic E-state index is 5.11. The molecule has 43 heavy (non-hydrogen) atoms. The highest BCUT2D eigenvalue weighted by molar-refractivity contribution is 6.23. The van der Waals surface area contributed by atoms with Gasteiger partial charge in [-0.05, 0) is 64.0 Å². The number of hydrogen-bond donors (Lipinski definition) is 0. The Morgan fingerprint density at radius 3 is 1.70 bits per heavy atom. The molecule has 0 radical (unpaired) electrons. The van der Waals surface area contributed by atoms with Gasteiger partial charge in [-0.15, -0.1) is 0 Å². The van der Waals surface area contributed by atoms with Gasteiger partial charge in [0, 0.05) is 27.6 Å². The molecule has 2 heterocycles. The van der Waals surface area contributed by atoms with Crippen LogP contribution in [0.25, 0.3) is 82.6 Å². The van der Waals surface area contributed by atoms with Crippen LogP contribution in [0.4, 0.5) is 0 Å². The first-order chi connectivity index (χ1) is 21.3. The zero-order chi connectivity index (χ0) is 28.3. The maximum Gasteiger partial charge on any atom is 0.0973 e. The monoisotopic (exact) mass is 547 g/mol. The lowest BCUT2D eigenvalue weighted by atomic mass is 10.0. The zero-order valence-electron chi connectivity index (χ0n) is 23.3. The molecule has 0 N–H and O–H groups in total. The summed E-state index contributed by atoms with van der Waals surface area (Å²) >= 11 is 0. The Hall–Kier alpha value is -5.80. The van der Waals surface area contributed by atoms with Gasteiger partial charge in [-0.1, -0.05) is 109 Å². The third-order valence-corrected chi connectivity index (χ3v) is 8.54. The van der Waals surface area contributed by atoms with Crippen LogP contribution in [0.2, 0.25) is 0 Å². The van der Waals surface area contributed by atoms with E-state index in [1.54, 1.807) is 0 Å². The molecule has 0 fully saturated rings. The summed E-state index contributed by atoms with van der Waals surface area (Å²) in [7, 11) is 0. The van der Waals surface area contributed by atoms with Gasteiger partial charge in [0.15, 0.2) is 0 Å². The highest BCUT2D eigenvalue weighted by Gasteiger charge is 2.17. The number of rotatable bonds is 3. The molecule has 0 amide bonds. The topological polar surface area (TPSA) is 30.7 Å². The van der Waals surface area contributed by atoms with E-state index in [2.05, 4.69) is 126 Å². The molecule has 0 saturated heterocycles. The fourth-order valence-electron chi connectivity index (χ4n) is 6.52. The minimum Gasteiger partial charge on any atom is -0.309 e. The molecule has 0 aliphatic heterocycles. The fraction of sp³-hybridized carbons (Fsp3) is 0. The molecule has 0 bridgehead atoms. The molecule has 200 valence electrons. The Bertz CT molecular complexity index is 2490. The van der Waals surface area contributed by atoms with Crippen molar-refractivity contribution in [2.24, 2.45) is 0 Å². The van der Waals surface area contributed by atoms with Crippen LogP contribution >= 0.6 is 0 Å². The molecule has 0 atom stereocenters. The molecule has 0 saturated carbocycles. The summed E-state index contributed by atoms with van der Waals surface area (Å²) in [5.41, 5.74) is 9.18. The van der Waals surface area contributed by atoms with Gasteiger partial charge in [0.05, 0.1) is 33.5 Å². The van der Waals surface area contributed by atoms with E-state index in [0.717, 1.165) is 39.2 Å². The average molecular weight is 548 g/mol. The minimum absolute atomic E-state index is 0.885. The Balaban J connectivity index is 1.28. The number of fused-ring (bicyclic) bond motifs is 7. The highest BCUT2D eigenvalue weighted by Crippen LogP contribution is 2.39. The van der Waals surface area contributed by atoms with Crippen LogP contribution in [0.5, 0.6) is 0 Å². The van der Waals surface area contributed by atoms with Crippen molar-refractivity contribution >= 4 is 54.4 Å². The van der Waals surface area contributed by atoms with Crippen LogP contribution < -0.4 is 0 Å². The number of nitrogens with zero attached hydrogens (tertiary/aromatic N) is 3. The van der Waals surface area contributed by atoms with Crippen LogP contribution in [0.15, 0.2) is 152 Å². The lowest BCUT2D eigenvalue weighted by molar-refractivity contribution is 1.18. The molecule has 0 spiro atoms. The van der Waals surface area contributed by atoms with Gasteiger partial charge in [0.2, 0.25) is 0 Å². The van der Waals surface area contributed by atoms with Crippen LogP contribution in [-0.4, -0.2) is 14.5 Å². The molecule has 3 heteroatoms. The van der Waals surface area contributed by atoms with Gasteiger partial charge in [0.1, 0.15) is 0 Å². The zero-order valence-corrected chi connectivity index (χ0v) is 23.3. The van der Waals surface area contributed by atoms with E-state index in [9.17, 15) is 0 Å². The SMILES string of the molecule is c1ccc(-c2nc3ccccc3nc2-c2ccc(-n3c4cc5ccccc5cc4c4c5ccccc5ccc43)cc2)cc1. The van der Waals surface area contributed by atoms with Gasteiger partial charge >= 0.3 is 0 Å². The standard InChI is InChI=1S/C40H25N3/c1-2-11-27(12-3-1)39-40(42-35-17-9-8-16-34(35)41-39)28-18-21-31(22-19-28)43-36-23-20-26-10-6-7-15-32(26)38(36)33-24-29-13-4-5-14-30(29)25-37(33)43/h1-25H. The number of benzene rings is 7. The molecule has 0 unspecified atom stereocenters. The summed E-state index contributed by atoms with van der Waals surface area (Å²) in [5.74, 6) is 0. The fourth-order valence-corrected chi connectivity index (χ4v) is 6.52. The number of hydrogen-bond acceptors (Lipinski definition) is 2. The van der Waals surface area contributed by atoms with Crippen molar-refractivity contribution in [2.45, 2.75) is 0 Å². The van der Waals surface area contributed by atoms with E-state index in [1.807, 2.05) is 30.3 Å². The summed E-state index contributed by atoms with van der Waals surface area (Å²) in [6.45, 7) is 0. The maximum atomic E-state index is 5.11. The van der Waals surface area contributed by atoms with Crippen molar-refractivity contribution in [1.82, 2.24) is 14.5 Å². The summed E-state index contributed by atoms with van der Waals surface area (Å²) in [5, 5.41) is 7.56. The second-order valence-corrected chi connectivity index (χ2v) is 11.1. The predicted molar refractivity (Wildman–Crippen MR) is 180 cm³/mol. The predicted octanol–water partition coefficient (Wildman–Crippen LogP) is 10.4. The van der Waals surface area contributed by atoms with Crippen LogP contribution in [0, 0.1) is 0 Å². The third kappa shape index (κ3) is 3.75. The summed E-state index contributed by atoms with van der Waals surface area (Å²) < 4.78 is 2.40. The van der Waals surface area contributed by atoms with E-state index in [0.29, 0.717) is 0 Å². The van der Waals surface area contributed by atoms with E-state index in [-0.39, 0.29) is 0 Å². The van der Waals surface area contributed by atoms with Crippen molar-refractivity contribution < 1.29 is 0 Å². The molecular weight excluding hydrogens is 522 g/mol. The molecule has 0 aliphatic rings. The Morgan fingerprint density at radius 2 is 0.977 bits per heavy atom. The normalized spacial score (nSPS) is 11.7. The van der Waals surface area contributed by atoms with Crippen molar-refractivity contribution in [3.63, 3.8) is 0 Å². The molecule has 0 aliphatic carbocycles. The van der Waals surface area contributed by atoms with E-state index >= 15 is 0 Å². The Labute approximate surface area is 248 Å². The van der Waals surface area contributed by atoms with Crippen molar-refractivity contribution in [3.05, 3.63) is 152 Å². The van der Waals surface area contributed by atoms with Crippen molar-refractivity contribution in [2.75, 3.05) is 0 Å². The third-order valence-electron chi connectivity index (χ3n) is 8.54. The number of para-hydroxylation sites is 2.